The summed E-state index contributed by atoms with van der Waals surface area (Å²) in [6.45, 7) is 1.00. The van der Waals surface area contributed by atoms with Gasteiger partial charge in [0.25, 0.3) is 0 Å². The Labute approximate surface area is 72.4 Å². The second-order valence-electron chi connectivity index (χ2n) is 3.82. The van der Waals surface area contributed by atoms with Gasteiger partial charge < -0.3 is 5.11 Å². The standard InChI is InChI=1S/C9H15NO2/c11-9(12)8-5-4-7-3-1-2-6-10(7)8/h7-8H,1-6H2,(H,11,12)/t7-,8-/m1/s1. The van der Waals surface area contributed by atoms with Crippen molar-refractivity contribution in [3.8, 4) is 0 Å². The summed E-state index contributed by atoms with van der Waals surface area (Å²) in [5, 5.41) is 8.91. The molecular weight excluding hydrogens is 154 g/mol. The molecule has 3 nitrogen and oxygen atoms in total. The minimum atomic E-state index is -0.626. The zero-order valence-corrected chi connectivity index (χ0v) is 7.20. The Morgan fingerprint density at radius 2 is 2.08 bits per heavy atom. The molecule has 2 heterocycles. The summed E-state index contributed by atoms with van der Waals surface area (Å²) < 4.78 is 0. The van der Waals surface area contributed by atoms with Gasteiger partial charge in [0, 0.05) is 6.04 Å². The molecule has 2 aliphatic rings. The van der Waals surface area contributed by atoms with Crippen LogP contribution in [-0.4, -0.2) is 34.6 Å². The molecule has 0 amide bonds. The summed E-state index contributed by atoms with van der Waals surface area (Å²) in [4.78, 5) is 13.0. The molecule has 2 atom stereocenters. The Morgan fingerprint density at radius 1 is 1.25 bits per heavy atom. The first-order valence-electron chi connectivity index (χ1n) is 4.77. The van der Waals surface area contributed by atoms with Crippen LogP contribution in [0, 0.1) is 0 Å². The summed E-state index contributed by atoms with van der Waals surface area (Å²) in [6, 6.07) is 0.412. The zero-order valence-electron chi connectivity index (χ0n) is 7.20. The first kappa shape index (κ1) is 8.05. The predicted octanol–water partition coefficient (Wildman–Crippen LogP) is 1.09. The van der Waals surface area contributed by atoms with Crippen molar-refractivity contribution in [3.05, 3.63) is 0 Å². The molecule has 0 unspecified atom stereocenters. The molecule has 0 saturated carbocycles. The summed E-state index contributed by atoms with van der Waals surface area (Å²) in [5.74, 6) is -0.626. The lowest BCUT2D eigenvalue weighted by molar-refractivity contribution is -0.143. The van der Waals surface area contributed by atoms with Gasteiger partial charge in [-0.2, -0.15) is 0 Å². The topological polar surface area (TPSA) is 40.5 Å². The van der Waals surface area contributed by atoms with Crippen LogP contribution in [0.15, 0.2) is 0 Å². The fourth-order valence-corrected chi connectivity index (χ4v) is 2.52. The molecule has 0 aliphatic carbocycles. The van der Waals surface area contributed by atoms with Crippen LogP contribution in [-0.2, 0) is 4.79 Å². The van der Waals surface area contributed by atoms with Crippen LogP contribution in [0.5, 0.6) is 0 Å². The van der Waals surface area contributed by atoms with Gasteiger partial charge in [-0.1, -0.05) is 6.42 Å². The van der Waals surface area contributed by atoms with Crippen molar-refractivity contribution in [2.45, 2.75) is 44.2 Å². The van der Waals surface area contributed by atoms with Gasteiger partial charge >= 0.3 is 5.97 Å². The van der Waals surface area contributed by atoms with E-state index in [1.807, 2.05) is 0 Å². The molecule has 2 aliphatic heterocycles. The van der Waals surface area contributed by atoms with Crippen LogP contribution in [0.1, 0.15) is 32.1 Å². The van der Waals surface area contributed by atoms with Gasteiger partial charge in [0.15, 0.2) is 0 Å². The number of carboxylic acid groups (broad SMARTS) is 1. The smallest absolute Gasteiger partial charge is 0.320 e. The molecule has 0 spiro atoms. The molecule has 68 valence electrons. The van der Waals surface area contributed by atoms with Crippen molar-refractivity contribution in [1.82, 2.24) is 4.90 Å². The van der Waals surface area contributed by atoms with Crippen molar-refractivity contribution >= 4 is 5.97 Å². The lowest BCUT2D eigenvalue weighted by Gasteiger charge is -2.31. The molecule has 1 N–H and O–H groups in total. The highest BCUT2D eigenvalue weighted by Crippen LogP contribution is 2.31. The Kier molecular flexibility index (Phi) is 2.05. The second-order valence-corrected chi connectivity index (χ2v) is 3.82. The number of rotatable bonds is 1. The van der Waals surface area contributed by atoms with Crippen LogP contribution in [0.3, 0.4) is 0 Å². The number of aliphatic carboxylic acids is 1. The minimum Gasteiger partial charge on any atom is -0.480 e. The lowest BCUT2D eigenvalue weighted by atomic mass is 10.0. The Hall–Kier alpha value is -0.570. The highest BCUT2D eigenvalue weighted by Gasteiger charge is 2.38. The normalized spacial score (nSPS) is 36.3. The molecule has 0 radical (unpaired) electrons. The number of carboxylic acids is 1. The third-order valence-electron chi connectivity index (χ3n) is 3.13. The van der Waals surface area contributed by atoms with Crippen LogP contribution in [0.25, 0.3) is 0 Å². The largest absolute Gasteiger partial charge is 0.480 e. The van der Waals surface area contributed by atoms with Crippen molar-refractivity contribution in [2.24, 2.45) is 0 Å². The minimum absolute atomic E-state index is 0.171. The lowest BCUT2D eigenvalue weighted by Crippen LogP contribution is -2.43. The van der Waals surface area contributed by atoms with Crippen molar-refractivity contribution < 1.29 is 9.90 Å². The van der Waals surface area contributed by atoms with Gasteiger partial charge in [-0.25, -0.2) is 0 Å². The summed E-state index contributed by atoms with van der Waals surface area (Å²) >= 11 is 0. The maximum Gasteiger partial charge on any atom is 0.320 e. The van der Waals surface area contributed by atoms with Crippen molar-refractivity contribution in [2.75, 3.05) is 6.54 Å². The zero-order chi connectivity index (χ0) is 8.55. The van der Waals surface area contributed by atoms with E-state index in [-0.39, 0.29) is 6.04 Å². The van der Waals surface area contributed by atoms with E-state index in [0.29, 0.717) is 6.04 Å². The van der Waals surface area contributed by atoms with Gasteiger partial charge in [-0.3, -0.25) is 9.69 Å². The maximum absolute atomic E-state index is 10.8. The third kappa shape index (κ3) is 1.22. The van der Waals surface area contributed by atoms with Crippen molar-refractivity contribution in [1.29, 1.82) is 0 Å². The number of hydrogen-bond acceptors (Lipinski definition) is 2. The van der Waals surface area contributed by atoms with E-state index >= 15 is 0 Å². The number of nitrogens with zero attached hydrogens (tertiary/aromatic N) is 1. The van der Waals surface area contributed by atoms with E-state index < -0.39 is 5.97 Å². The number of fused-ring (bicyclic) bond motifs is 1. The van der Waals surface area contributed by atoms with Gasteiger partial charge in [-0.05, 0) is 32.2 Å². The molecular formula is C9H15NO2. The molecule has 2 fully saturated rings. The van der Waals surface area contributed by atoms with Gasteiger partial charge in [0.05, 0.1) is 0 Å². The van der Waals surface area contributed by atoms with Gasteiger partial charge in [0.2, 0.25) is 0 Å². The quantitative estimate of drug-likeness (QED) is 0.638. The highest BCUT2D eigenvalue weighted by atomic mass is 16.4. The molecule has 3 heteroatoms. The monoisotopic (exact) mass is 169 g/mol. The summed E-state index contributed by atoms with van der Waals surface area (Å²) in [7, 11) is 0. The van der Waals surface area contributed by atoms with Crippen LogP contribution in [0.2, 0.25) is 0 Å². The molecule has 2 rings (SSSR count). The molecule has 2 saturated heterocycles. The fourth-order valence-electron chi connectivity index (χ4n) is 2.52. The average molecular weight is 169 g/mol. The molecule has 12 heavy (non-hydrogen) atoms. The SMILES string of the molecule is O=C(O)[C@H]1CC[C@H]2CCCCN21. The van der Waals surface area contributed by atoms with E-state index in [2.05, 4.69) is 4.90 Å². The van der Waals surface area contributed by atoms with Crippen molar-refractivity contribution in [3.63, 3.8) is 0 Å². The first-order chi connectivity index (χ1) is 5.79. The summed E-state index contributed by atoms with van der Waals surface area (Å²) in [5.41, 5.74) is 0. The van der Waals surface area contributed by atoms with E-state index in [9.17, 15) is 4.79 Å². The van der Waals surface area contributed by atoms with Crippen LogP contribution in [0.4, 0.5) is 0 Å². The Morgan fingerprint density at radius 3 is 2.83 bits per heavy atom. The van der Waals surface area contributed by atoms with Crippen LogP contribution >= 0.6 is 0 Å². The van der Waals surface area contributed by atoms with E-state index in [4.69, 9.17) is 5.11 Å². The molecule has 0 aromatic rings. The Balaban J connectivity index is 2.05. The fraction of sp³-hybridized carbons (Fsp3) is 0.889. The first-order valence-corrected chi connectivity index (χ1v) is 4.77. The summed E-state index contributed by atoms with van der Waals surface area (Å²) in [6.07, 6.45) is 5.63. The number of hydrogen-bond donors (Lipinski definition) is 1. The predicted molar refractivity (Wildman–Crippen MR) is 45.0 cm³/mol. The highest BCUT2D eigenvalue weighted by molar-refractivity contribution is 5.73. The maximum atomic E-state index is 10.8. The van der Waals surface area contributed by atoms with Gasteiger partial charge in [-0.15, -0.1) is 0 Å². The number of carbonyl (C=O) groups is 1. The molecule has 0 bridgehead atoms. The third-order valence-corrected chi connectivity index (χ3v) is 3.13. The molecule has 0 aromatic carbocycles. The Bertz CT molecular complexity index is 193. The van der Waals surface area contributed by atoms with E-state index in [1.54, 1.807) is 0 Å². The van der Waals surface area contributed by atoms with E-state index in [0.717, 1.165) is 19.4 Å². The van der Waals surface area contributed by atoms with Crippen LogP contribution < -0.4 is 0 Å². The average Bonchev–Trinajstić information content (AvgIpc) is 2.47. The van der Waals surface area contributed by atoms with Gasteiger partial charge in [0.1, 0.15) is 6.04 Å². The number of piperidine rings is 1. The molecule has 0 aromatic heterocycles. The second kappa shape index (κ2) is 3.05. The van der Waals surface area contributed by atoms with E-state index in [1.165, 1.54) is 19.3 Å².